The number of aryl methyl sites for hydroxylation is 2. The minimum atomic E-state index is -0.340. The fraction of sp³-hybridized carbons (Fsp3) is 0.500. The van der Waals surface area contributed by atoms with Gasteiger partial charge in [0, 0.05) is 11.1 Å². The van der Waals surface area contributed by atoms with Crippen molar-refractivity contribution >= 4 is 5.97 Å². The Hall–Kier alpha value is -2.09. The van der Waals surface area contributed by atoms with Gasteiger partial charge in [0.15, 0.2) is 0 Å². The first-order valence-electron chi connectivity index (χ1n) is 10.5. The molecule has 0 radical (unpaired) electrons. The van der Waals surface area contributed by atoms with Crippen molar-refractivity contribution in [2.45, 2.75) is 85.0 Å². The molecule has 0 saturated carbocycles. The van der Waals surface area contributed by atoms with Gasteiger partial charge in [-0.25, -0.2) is 0 Å². The van der Waals surface area contributed by atoms with E-state index in [1.807, 2.05) is 0 Å². The molecule has 0 fully saturated rings. The van der Waals surface area contributed by atoms with Crippen molar-refractivity contribution in [3.63, 3.8) is 0 Å². The number of hydrogen-bond donors (Lipinski definition) is 0. The molecule has 2 nitrogen and oxygen atoms in total. The smallest absolute Gasteiger partial charge is 0.323 e. The van der Waals surface area contributed by atoms with Crippen LogP contribution in [-0.2, 0) is 15.6 Å². The van der Waals surface area contributed by atoms with Crippen molar-refractivity contribution in [3.8, 4) is 5.75 Å². The Morgan fingerprint density at radius 3 is 2.11 bits per heavy atom. The lowest BCUT2D eigenvalue weighted by atomic mass is 9.74. The number of fused-ring (bicyclic) bond motifs is 1. The van der Waals surface area contributed by atoms with Crippen molar-refractivity contribution in [1.29, 1.82) is 0 Å². The van der Waals surface area contributed by atoms with Crippen LogP contribution in [-0.4, -0.2) is 5.97 Å². The Bertz CT molecular complexity index is 918. The van der Waals surface area contributed by atoms with Gasteiger partial charge < -0.3 is 4.74 Å². The molecular formula is C26H34O2. The SMILES string of the molecule is CCC(C)(C)c1cc2c(c(C(C)(C)CC)c1)OC(=O)C2c1ccc(C)c(C)c1. The molecule has 150 valence electrons. The maximum Gasteiger partial charge on any atom is 0.323 e. The number of ether oxygens (including phenoxy) is 1. The molecule has 0 amide bonds. The second kappa shape index (κ2) is 7.06. The zero-order valence-corrected chi connectivity index (χ0v) is 18.7. The van der Waals surface area contributed by atoms with E-state index in [9.17, 15) is 4.79 Å². The predicted molar refractivity (Wildman–Crippen MR) is 116 cm³/mol. The average Bonchev–Trinajstić information content (AvgIpc) is 2.98. The minimum Gasteiger partial charge on any atom is -0.425 e. The molecule has 1 heterocycles. The molecular weight excluding hydrogens is 344 g/mol. The fourth-order valence-corrected chi connectivity index (χ4v) is 3.81. The maximum absolute atomic E-state index is 13.0. The number of carbonyl (C=O) groups excluding carboxylic acids is 1. The second-order valence-electron chi connectivity index (χ2n) is 9.61. The largest absolute Gasteiger partial charge is 0.425 e. The molecule has 2 aromatic rings. The van der Waals surface area contributed by atoms with Crippen molar-refractivity contribution in [2.75, 3.05) is 0 Å². The van der Waals surface area contributed by atoms with E-state index in [2.05, 4.69) is 85.7 Å². The lowest BCUT2D eigenvalue weighted by Crippen LogP contribution is -2.21. The van der Waals surface area contributed by atoms with Crippen LogP contribution in [0.15, 0.2) is 30.3 Å². The van der Waals surface area contributed by atoms with E-state index in [0.29, 0.717) is 0 Å². The Labute approximate surface area is 170 Å². The summed E-state index contributed by atoms with van der Waals surface area (Å²) in [5.74, 6) is 0.293. The molecule has 0 spiro atoms. The number of carbonyl (C=O) groups is 1. The summed E-state index contributed by atoms with van der Waals surface area (Å²) in [7, 11) is 0. The first-order valence-corrected chi connectivity index (χ1v) is 10.5. The summed E-state index contributed by atoms with van der Waals surface area (Å²) in [6.45, 7) is 17.7. The molecule has 0 aromatic heterocycles. The highest BCUT2D eigenvalue weighted by molar-refractivity contribution is 5.90. The molecule has 1 aliphatic heterocycles. The van der Waals surface area contributed by atoms with Crippen LogP contribution in [0.3, 0.4) is 0 Å². The summed E-state index contributed by atoms with van der Waals surface area (Å²) in [6.07, 6.45) is 2.03. The van der Waals surface area contributed by atoms with Crippen molar-refractivity contribution in [3.05, 3.63) is 63.7 Å². The Morgan fingerprint density at radius 1 is 0.893 bits per heavy atom. The molecule has 28 heavy (non-hydrogen) atoms. The number of benzene rings is 2. The maximum atomic E-state index is 13.0. The van der Waals surface area contributed by atoms with Gasteiger partial charge in [-0.2, -0.15) is 0 Å². The third-order valence-electron chi connectivity index (χ3n) is 7.01. The van der Waals surface area contributed by atoms with E-state index in [1.165, 1.54) is 16.7 Å². The number of rotatable bonds is 5. The fourth-order valence-electron chi connectivity index (χ4n) is 3.81. The molecule has 1 unspecified atom stereocenters. The van der Waals surface area contributed by atoms with E-state index in [4.69, 9.17) is 4.74 Å². The highest BCUT2D eigenvalue weighted by Gasteiger charge is 2.40. The van der Waals surface area contributed by atoms with E-state index in [0.717, 1.165) is 35.3 Å². The molecule has 2 heteroatoms. The molecule has 0 saturated heterocycles. The first-order chi connectivity index (χ1) is 13.0. The summed E-state index contributed by atoms with van der Waals surface area (Å²) in [6, 6.07) is 10.8. The summed E-state index contributed by atoms with van der Waals surface area (Å²) >= 11 is 0. The third-order valence-corrected chi connectivity index (χ3v) is 7.01. The standard InChI is InChI=1S/C26H34O2/c1-9-25(5,6)19-14-20-22(18-12-11-16(3)17(4)13-18)24(27)28-23(20)21(15-19)26(7,8)10-2/h11-15,22H,9-10H2,1-8H3. The van der Waals surface area contributed by atoms with E-state index >= 15 is 0 Å². The zero-order chi connectivity index (χ0) is 20.9. The summed E-state index contributed by atoms with van der Waals surface area (Å²) in [5, 5.41) is 0. The quantitative estimate of drug-likeness (QED) is 0.426. The second-order valence-corrected chi connectivity index (χ2v) is 9.61. The van der Waals surface area contributed by atoms with Gasteiger partial charge >= 0.3 is 5.97 Å². The van der Waals surface area contributed by atoms with E-state index in [1.54, 1.807) is 0 Å². The van der Waals surface area contributed by atoms with Gasteiger partial charge in [-0.1, -0.05) is 71.9 Å². The molecule has 0 N–H and O–H groups in total. The summed E-state index contributed by atoms with van der Waals surface area (Å²) in [5.41, 5.74) is 6.94. The van der Waals surface area contributed by atoms with Gasteiger partial charge in [0.05, 0.1) is 0 Å². The molecule has 0 bridgehead atoms. The Balaban J connectivity index is 2.27. The van der Waals surface area contributed by atoms with Crippen LogP contribution in [0.5, 0.6) is 5.75 Å². The molecule has 1 aliphatic rings. The van der Waals surface area contributed by atoms with E-state index < -0.39 is 0 Å². The van der Waals surface area contributed by atoms with Crippen LogP contribution in [0.2, 0.25) is 0 Å². The minimum absolute atomic E-state index is 0.0486. The molecule has 3 rings (SSSR count). The highest BCUT2D eigenvalue weighted by atomic mass is 16.5. The van der Waals surface area contributed by atoms with Crippen LogP contribution in [0, 0.1) is 13.8 Å². The van der Waals surface area contributed by atoms with Gasteiger partial charge in [-0.3, -0.25) is 4.79 Å². The first kappa shape index (κ1) is 20.6. The van der Waals surface area contributed by atoms with Crippen LogP contribution in [0.4, 0.5) is 0 Å². The van der Waals surface area contributed by atoms with Gasteiger partial charge in [-0.05, 0) is 59.8 Å². The number of hydrogen-bond acceptors (Lipinski definition) is 2. The van der Waals surface area contributed by atoms with E-state index in [-0.39, 0.29) is 22.7 Å². The summed E-state index contributed by atoms with van der Waals surface area (Å²) < 4.78 is 5.93. The van der Waals surface area contributed by atoms with Crippen LogP contribution < -0.4 is 4.74 Å². The molecule has 2 aromatic carbocycles. The molecule has 0 aliphatic carbocycles. The van der Waals surface area contributed by atoms with Gasteiger partial charge in [0.25, 0.3) is 0 Å². The monoisotopic (exact) mass is 378 g/mol. The number of esters is 1. The van der Waals surface area contributed by atoms with Gasteiger partial charge in [0.2, 0.25) is 0 Å². The average molecular weight is 379 g/mol. The topological polar surface area (TPSA) is 26.3 Å². The van der Waals surface area contributed by atoms with Gasteiger partial charge in [0.1, 0.15) is 11.7 Å². The van der Waals surface area contributed by atoms with Crippen molar-refractivity contribution in [1.82, 2.24) is 0 Å². The Kier molecular flexibility index (Phi) is 5.20. The van der Waals surface area contributed by atoms with Crippen LogP contribution >= 0.6 is 0 Å². The van der Waals surface area contributed by atoms with Crippen LogP contribution in [0.25, 0.3) is 0 Å². The normalized spacial score (nSPS) is 16.9. The van der Waals surface area contributed by atoms with Gasteiger partial charge in [-0.15, -0.1) is 0 Å². The third kappa shape index (κ3) is 3.38. The van der Waals surface area contributed by atoms with Crippen LogP contribution in [0.1, 0.15) is 93.7 Å². The summed E-state index contributed by atoms with van der Waals surface area (Å²) in [4.78, 5) is 13.0. The lowest BCUT2D eigenvalue weighted by Gasteiger charge is -2.30. The van der Waals surface area contributed by atoms with Crippen molar-refractivity contribution in [2.24, 2.45) is 0 Å². The van der Waals surface area contributed by atoms with Crippen molar-refractivity contribution < 1.29 is 9.53 Å². The predicted octanol–water partition coefficient (Wildman–Crippen LogP) is 6.73. The highest BCUT2D eigenvalue weighted by Crippen LogP contribution is 2.48. The molecule has 1 atom stereocenters. The lowest BCUT2D eigenvalue weighted by molar-refractivity contribution is -0.133. The zero-order valence-electron chi connectivity index (χ0n) is 18.7. The Morgan fingerprint density at radius 2 is 1.54 bits per heavy atom.